The summed E-state index contributed by atoms with van der Waals surface area (Å²) < 4.78 is 0. The van der Waals surface area contributed by atoms with E-state index in [0.717, 1.165) is 0 Å². The molecular weight excluding hydrogens is 427 g/mol. The lowest BCUT2D eigenvalue weighted by molar-refractivity contribution is -0.00000707. The Morgan fingerprint density at radius 1 is 0.312 bits per heavy atom. The Morgan fingerprint density at radius 2 is 0.531 bits per heavy atom. The zero-order valence-corrected chi connectivity index (χ0v) is 24.9. The van der Waals surface area contributed by atoms with Crippen LogP contribution in [0.3, 0.4) is 0 Å². The molecule has 0 rings (SSSR count). The summed E-state index contributed by atoms with van der Waals surface area (Å²) in [7, 11) is -0.535. The van der Waals surface area contributed by atoms with Gasteiger partial charge in [-0.3, -0.25) is 0 Å². The third kappa shape index (κ3) is 22.5. The molecule has 0 spiro atoms. The van der Waals surface area contributed by atoms with Gasteiger partial charge >= 0.3 is 0 Å². The fourth-order valence-electron chi connectivity index (χ4n) is 5.20. The first-order chi connectivity index (χ1) is 15.2. The second kappa shape index (κ2) is 28.0. The number of hydrogen-bond donors (Lipinski definition) is 0. The molecule has 0 unspecified atom stereocenters. The third-order valence-corrected chi connectivity index (χ3v) is 13.3. The summed E-state index contributed by atoms with van der Waals surface area (Å²) in [6.45, 7) is 9.64. The van der Waals surface area contributed by atoms with E-state index in [1.807, 2.05) is 0 Å². The predicted molar refractivity (Wildman–Crippen MR) is 151 cm³/mol. The number of rotatable bonds is 26. The van der Waals surface area contributed by atoms with Gasteiger partial charge in [0.2, 0.25) is 0 Å². The first kappa shape index (κ1) is 34.9. The lowest BCUT2D eigenvalue weighted by Gasteiger charge is -2.23. The molecule has 0 amide bonds. The summed E-state index contributed by atoms with van der Waals surface area (Å²) in [5.74, 6) is 0. The molecule has 0 bridgehead atoms. The highest BCUT2D eigenvalue weighted by Crippen LogP contribution is 2.58. The third-order valence-electron chi connectivity index (χ3n) is 8.00. The first-order valence-corrected chi connectivity index (χ1v) is 17.6. The van der Waals surface area contributed by atoms with Crippen molar-refractivity contribution in [2.45, 2.75) is 169 Å². The maximum absolute atomic E-state index is 2.44. The maximum Gasteiger partial charge on any atom is 0.0594 e. The van der Waals surface area contributed by atoms with Crippen LogP contribution >= 0.6 is 7.26 Å². The van der Waals surface area contributed by atoms with Crippen molar-refractivity contribution in [2.24, 2.45) is 0 Å². The van der Waals surface area contributed by atoms with Crippen molar-refractivity contribution in [1.29, 1.82) is 0 Å². The minimum Gasteiger partial charge on any atom is -1.00 e. The van der Waals surface area contributed by atoms with Crippen LogP contribution in [-0.2, 0) is 0 Å². The van der Waals surface area contributed by atoms with Crippen LogP contribution in [0, 0.1) is 0 Å². The molecule has 0 fully saturated rings. The molecule has 32 heavy (non-hydrogen) atoms. The SMILES string of the molecule is CCCCCCCCCCCCCCCCCCCCCCCC[P+](CC)(CC)CC.[Cl-]. The Morgan fingerprint density at radius 3 is 0.750 bits per heavy atom. The second-order valence-electron chi connectivity index (χ2n) is 10.4. The van der Waals surface area contributed by atoms with Crippen LogP contribution in [0.2, 0.25) is 0 Å². The quantitative estimate of drug-likeness (QED) is 0.0839. The highest BCUT2D eigenvalue weighted by molar-refractivity contribution is 7.75. The standard InChI is InChI=1S/C30H64P.ClH/c1-5-9-10-11-12-13-14-15-16-17-18-19-20-21-22-23-24-25-26-27-28-29-30-31(6-2,7-3)8-4;/h5-30H2,1-4H3;1H/q+1;/p-1. The largest absolute Gasteiger partial charge is 1.00 e. The normalized spacial score (nSPS) is 11.6. The molecule has 0 aliphatic carbocycles. The maximum atomic E-state index is 2.44. The zero-order chi connectivity index (χ0) is 22.9. The van der Waals surface area contributed by atoms with E-state index >= 15 is 0 Å². The van der Waals surface area contributed by atoms with E-state index in [1.165, 1.54) is 160 Å². The van der Waals surface area contributed by atoms with Crippen molar-refractivity contribution in [3.8, 4) is 0 Å². The molecule has 0 aliphatic rings. The molecule has 0 nitrogen and oxygen atoms in total. The average molecular weight is 491 g/mol. The van der Waals surface area contributed by atoms with Crippen molar-refractivity contribution in [2.75, 3.05) is 24.6 Å². The van der Waals surface area contributed by atoms with Gasteiger partial charge in [-0.2, -0.15) is 0 Å². The molecule has 0 aromatic carbocycles. The minimum absolute atomic E-state index is 0. The second-order valence-corrected chi connectivity index (χ2v) is 15.5. The van der Waals surface area contributed by atoms with E-state index in [1.54, 1.807) is 6.16 Å². The summed E-state index contributed by atoms with van der Waals surface area (Å²) >= 11 is 0. The Hall–Kier alpha value is 0.720. The summed E-state index contributed by atoms with van der Waals surface area (Å²) in [6, 6.07) is 0. The van der Waals surface area contributed by atoms with Crippen molar-refractivity contribution in [1.82, 2.24) is 0 Å². The van der Waals surface area contributed by atoms with Gasteiger partial charge in [0.15, 0.2) is 0 Å². The molecule has 0 aromatic rings. The van der Waals surface area contributed by atoms with Crippen LogP contribution in [0.1, 0.15) is 169 Å². The van der Waals surface area contributed by atoms with Crippen LogP contribution in [0.15, 0.2) is 0 Å². The fraction of sp³-hybridized carbons (Fsp3) is 1.00. The first-order valence-electron chi connectivity index (χ1n) is 15.1. The summed E-state index contributed by atoms with van der Waals surface area (Å²) in [5.41, 5.74) is 0. The molecule has 0 saturated carbocycles. The minimum atomic E-state index is -0.535. The highest BCUT2D eigenvalue weighted by atomic mass is 35.5. The van der Waals surface area contributed by atoms with E-state index in [4.69, 9.17) is 0 Å². The van der Waals surface area contributed by atoms with Crippen LogP contribution < -0.4 is 12.4 Å². The van der Waals surface area contributed by atoms with E-state index in [9.17, 15) is 0 Å². The average Bonchev–Trinajstić information content (AvgIpc) is 2.80. The topological polar surface area (TPSA) is 0 Å². The molecule has 0 aliphatic heterocycles. The zero-order valence-electron chi connectivity index (χ0n) is 23.2. The van der Waals surface area contributed by atoms with Crippen molar-refractivity contribution in [3.05, 3.63) is 0 Å². The van der Waals surface area contributed by atoms with E-state index in [-0.39, 0.29) is 12.4 Å². The number of halogens is 1. The Labute approximate surface area is 213 Å². The molecule has 2 heteroatoms. The van der Waals surface area contributed by atoms with Gasteiger partial charge in [0.25, 0.3) is 0 Å². The molecule has 0 saturated heterocycles. The van der Waals surface area contributed by atoms with Crippen molar-refractivity contribution < 1.29 is 12.4 Å². The molecule has 0 N–H and O–H groups in total. The molecule has 0 heterocycles. The Bertz CT molecular complexity index is 319. The van der Waals surface area contributed by atoms with E-state index in [0.29, 0.717) is 0 Å². The summed E-state index contributed by atoms with van der Waals surface area (Å²) in [5, 5.41) is 0. The molecular formula is C30H64ClP. The summed E-state index contributed by atoms with van der Waals surface area (Å²) in [6.07, 6.45) is 38.7. The van der Waals surface area contributed by atoms with Crippen molar-refractivity contribution >= 4 is 7.26 Å². The van der Waals surface area contributed by atoms with E-state index < -0.39 is 7.26 Å². The number of unbranched alkanes of at least 4 members (excludes halogenated alkanes) is 21. The van der Waals surface area contributed by atoms with Gasteiger partial charge in [-0.1, -0.05) is 135 Å². The van der Waals surface area contributed by atoms with Gasteiger partial charge in [-0.15, -0.1) is 0 Å². The molecule has 0 atom stereocenters. The fourth-order valence-corrected chi connectivity index (χ4v) is 8.39. The van der Waals surface area contributed by atoms with Crippen LogP contribution in [0.25, 0.3) is 0 Å². The van der Waals surface area contributed by atoms with Gasteiger partial charge in [0.05, 0.1) is 24.6 Å². The van der Waals surface area contributed by atoms with Gasteiger partial charge in [-0.05, 0) is 33.6 Å². The molecule has 196 valence electrons. The number of hydrogen-bond acceptors (Lipinski definition) is 0. The van der Waals surface area contributed by atoms with Crippen LogP contribution in [-0.4, -0.2) is 24.6 Å². The highest BCUT2D eigenvalue weighted by Gasteiger charge is 2.29. The molecule has 0 aromatic heterocycles. The van der Waals surface area contributed by atoms with Crippen molar-refractivity contribution in [3.63, 3.8) is 0 Å². The van der Waals surface area contributed by atoms with Gasteiger partial charge in [-0.25, -0.2) is 0 Å². The lowest BCUT2D eigenvalue weighted by atomic mass is 10.0. The monoisotopic (exact) mass is 490 g/mol. The summed E-state index contributed by atoms with van der Waals surface area (Å²) in [4.78, 5) is 0. The Balaban J connectivity index is 0. The van der Waals surface area contributed by atoms with Gasteiger partial charge < -0.3 is 12.4 Å². The Kier molecular flexibility index (Phi) is 30.5. The van der Waals surface area contributed by atoms with Gasteiger partial charge in [0.1, 0.15) is 0 Å². The lowest BCUT2D eigenvalue weighted by Crippen LogP contribution is -3.00. The van der Waals surface area contributed by atoms with Crippen LogP contribution in [0.4, 0.5) is 0 Å². The van der Waals surface area contributed by atoms with Gasteiger partial charge in [0, 0.05) is 7.26 Å². The smallest absolute Gasteiger partial charge is 0.0594 e. The van der Waals surface area contributed by atoms with Crippen LogP contribution in [0.5, 0.6) is 0 Å². The predicted octanol–water partition coefficient (Wildman–Crippen LogP) is 8.67. The molecule has 0 radical (unpaired) electrons. The van der Waals surface area contributed by atoms with E-state index in [2.05, 4.69) is 27.7 Å².